The number of pyridine rings is 1. The fourth-order valence-electron chi connectivity index (χ4n) is 2.82. The molecule has 2 heterocycles. The molecule has 0 radical (unpaired) electrons. The van der Waals surface area contributed by atoms with E-state index in [9.17, 15) is 18.8 Å². The number of halogens is 1. The Hall–Kier alpha value is -3.55. The lowest BCUT2D eigenvalue weighted by Gasteiger charge is -2.10. The maximum Gasteiger partial charge on any atom is 0.281 e. The highest BCUT2D eigenvalue weighted by molar-refractivity contribution is 5.99. The second kappa shape index (κ2) is 8.64. The quantitative estimate of drug-likeness (QED) is 0.670. The van der Waals surface area contributed by atoms with Crippen LogP contribution in [-0.4, -0.2) is 21.2 Å². The Bertz CT molecular complexity index is 1110. The summed E-state index contributed by atoms with van der Waals surface area (Å²) in [5.74, 6) is -0.889. The normalized spacial score (nSPS) is 10.9. The largest absolute Gasteiger partial charge is 0.348 e. The van der Waals surface area contributed by atoms with Crippen molar-refractivity contribution in [2.24, 2.45) is 5.92 Å². The first-order valence-corrected chi connectivity index (χ1v) is 9.18. The highest BCUT2D eigenvalue weighted by Crippen LogP contribution is 2.10. The average Bonchev–Trinajstić information content (AvgIpc) is 2.68. The minimum Gasteiger partial charge on any atom is -0.348 e. The van der Waals surface area contributed by atoms with E-state index >= 15 is 0 Å². The maximum atomic E-state index is 13.0. The first-order chi connectivity index (χ1) is 13.8. The van der Waals surface area contributed by atoms with E-state index < -0.39 is 11.5 Å². The molecule has 0 bridgehead atoms. The number of nitrogens with one attached hydrogen (secondary N) is 2. The van der Waals surface area contributed by atoms with Crippen molar-refractivity contribution < 1.29 is 14.0 Å². The van der Waals surface area contributed by atoms with Crippen LogP contribution in [0, 0.1) is 11.7 Å². The predicted octanol–water partition coefficient (Wildman–Crippen LogP) is 2.75. The van der Waals surface area contributed by atoms with Gasteiger partial charge in [-0.1, -0.05) is 26.0 Å². The van der Waals surface area contributed by atoms with Crippen LogP contribution in [0.2, 0.25) is 0 Å². The number of nitrogens with zero attached hydrogens (tertiary/aromatic N) is 2. The summed E-state index contributed by atoms with van der Waals surface area (Å²) < 4.78 is 14.2. The van der Waals surface area contributed by atoms with E-state index in [1.54, 1.807) is 24.3 Å². The van der Waals surface area contributed by atoms with Crippen LogP contribution >= 0.6 is 0 Å². The van der Waals surface area contributed by atoms with Crippen LogP contribution < -0.4 is 16.2 Å². The first-order valence-electron chi connectivity index (χ1n) is 9.18. The molecule has 0 spiro atoms. The summed E-state index contributed by atoms with van der Waals surface area (Å²) in [6.45, 7) is 4.01. The van der Waals surface area contributed by atoms with Gasteiger partial charge in [-0.2, -0.15) is 0 Å². The van der Waals surface area contributed by atoms with Crippen molar-refractivity contribution in [1.82, 2.24) is 14.7 Å². The molecule has 0 aliphatic carbocycles. The van der Waals surface area contributed by atoms with Gasteiger partial charge in [-0.15, -0.1) is 0 Å². The number of hydrogen-bond acceptors (Lipinski definition) is 4. The molecule has 0 aliphatic heterocycles. The van der Waals surface area contributed by atoms with Crippen LogP contribution in [0.3, 0.4) is 0 Å². The lowest BCUT2D eigenvalue weighted by molar-refractivity contribution is -0.116. The van der Waals surface area contributed by atoms with Gasteiger partial charge in [0.15, 0.2) is 5.65 Å². The van der Waals surface area contributed by atoms with Gasteiger partial charge in [-0.05, 0) is 35.7 Å². The summed E-state index contributed by atoms with van der Waals surface area (Å²) in [5.41, 5.74) is 0.709. The minimum absolute atomic E-state index is 0.0528. The highest BCUT2D eigenvalue weighted by atomic mass is 19.1. The lowest BCUT2D eigenvalue weighted by Crippen LogP contribution is -2.27. The molecule has 0 saturated carbocycles. The molecule has 1 aromatic carbocycles. The third-order valence-corrected chi connectivity index (χ3v) is 4.21. The average molecular weight is 396 g/mol. The Morgan fingerprint density at radius 2 is 1.90 bits per heavy atom. The summed E-state index contributed by atoms with van der Waals surface area (Å²) in [4.78, 5) is 41.4. The Morgan fingerprint density at radius 1 is 1.17 bits per heavy atom. The van der Waals surface area contributed by atoms with E-state index in [4.69, 9.17) is 0 Å². The molecule has 0 fully saturated rings. The molecule has 0 atom stereocenters. The van der Waals surface area contributed by atoms with Crippen molar-refractivity contribution in [3.8, 4) is 0 Å². The SMILES string of the molecule is CC(C)CC(=O)Nc1cnc2c(C(=O)NCc3ccc(F)cc3)cccn2c1=O. The summed E-state index contributed by atoms with van der Waals surface area (Å²) in [7, 11) is 0. The van der Waals surface area contributed by atoms with Gasteiger partial charge in [0.25, 0.3) is 11.5 Å². The zero-order valence-corrected chi connectivity index (χ0v) is 16.1. The molecule has 3 aromatic rings. The molecule has 7 nitrogen and oxygen atoms in total. The smallest absolute Gasteiger partial charge is 0.281 e. The fourth-order valence-corrected chi connectivity index (χ4v) is 2.82. The summed E-state index contributed by atoms with van der Waals surface area (Å²) in [6.07, 6.45) is 3.03. The van der Waals surface area contributed by atoms with Gasteiger partial charge in [0.1, 0.15) is 11.5 Å². The van der Waals surface area contributed by atoms with E-state index in [-0.39, 0.29) is 47.5 Å². The molecule has 2 N–H and O–H groups in total. The van der Waals surface area contributed by atoms with Crippen molar-refractivity contribution in [1.29, 1.82) is 0 Å². The van der Waals surface area contributed by atoms with Crippen LogP contribution in [0.5, 0.6) is 0 Å². The molecule has 2 aromatic heterocycles. The van der Waals surface area contributed by atoms with E-state index in [0.717, 1.165) is 5.56 Å². The molecular formula is C21H21FN4O3. The van der Waals surface area contributed by atoms with Crippen LogP contribution in [0.25, 0.3) is 5.65 Å². The maximum absolute atomic E-state index is 13.0. The molecule has 0 aliphatic rings. The minimum atomic E-state index is -0.472. The Labute approximate surface area is 166 Å². The van der Waals surface area contributed by atoms with Crippen molar-refractivity contribution in [3.05, 3.63) is 76.1 Å². The molecule has 3 rings (SSSR count). The predicted molar refractivity (Wildman–Crippen MR) is 107 cm³/mol. The standard InChI is InChI=1S/C21H21FN4O3/c1-13(2)10-18(27)25-17-12-23-19-16(4-3-9-26(19)21(17)29)20(28)24-11-14-5-7-15(22)8-6-14/h3-9,12-13H,10-11H2,1-2H3,(H,24,28)(H,25,27). The van der Waals surface area contributed by atoms with E-state index in [2.05, 4.69) is 15.6 Å². The van der Waals surface area contributed by atoms with Gasteiger partial charge >= 0.3 is 0 Å². The number of hydrogen-bond donors (Lipinski definition) is 2. The Morgan fingerprint density at radius 3 is 2.59 bits per heavy atom. The molecule has 29 heavy (non-hydrogen) atoms. The lowest BCUT2D eigenvalue weighted by atomic mass is 10.1. The number of amides is 2. The van der Waals surface area contributed by atoms with E-state index in [0.29, 0.717) is 0 Å². The summed E-state index contributed by atoms with van der Waals surface area (Å²) in [5, 5.41) is 5.30. The third-order valence-electron chi connectivity index (χ3n) is 4.21. The van der Waals surface area contributed by atoms with Gasteiger partial charge in [0.05, 0.1) is 11.8 Å². The van der Waals surface area contributed by atoms with E-state index in [1.807, 2.05) is 13.8 Å². The Kier molecular flexibility index (Phi) is 6.01. The van der Waals surface area contributed by atoms with Gasteiger partial charge in [-0.3, -0.25) is 18.8 Å². The summed E-state index contributed by atoms with van der Waals surface area (Å²) >= 11 is 0. The zero-order chi connectivity index (χ0) is 21.0. The van der Waals surface area contributed by atoms with Crippen LogP contribution in [0.4, 0.5) is 10.1 Å². The number of rotatable bonds is 6. The topological polar surface area (TPSA) is 92.6 Å². The highest BCUT2D eigenvalue weighted by Gasteiger charge is 2.15. The molecule has 8 heteroatoms. The van der Waals surface area contributed by atoms with Crippen molar-refractivity contribution in [2.75, 3.05) is 5.32 Å². The third kappa shape index (κ3) is 4.84. The molecular weight excluding hydrogens is 375 g/mol. The second-order valence-corrected chi connectivity index (χ2v) is 7.05. The molecule has 0 saturated heterocycles. The molecule has 2 amide bonds. The van der Waals surface area contributed by atoms with Gasteiger partial charge in [0, 0.05) is 19.2 Å². The van der Waals surface area contributed by atoms with Crippen molar-refractivity contribution >= 4 is 23.1 Å². The van der Waals surface area contributed by atoms with Gasteiger partial charge in [-0.25, -0.2) is 9.37 Å². The van der Waals surface area contributed by atoms with Crippen LogP contribution in [0.1, 0.15) is 36.2 Å². The van der Waals surface area contributed by atoms with Gasteiger partial charge in [0.2, 0.25) is 5.91 Å². The van der Waals surface area contributed by atoms with Crippen molar-refractivity contribution in [2.45, 2.75) is 26.8 Å². The van der Waals surface area contributed by atoms with Crippen LogP contribution in [-0.2, 0) is 11.3 Å². The first kappa shape index (κ1) is 20.2. The zero-order valence-electron chi connectivity index (χ0n) is 16.1. The monoisotopic (exact) mass is 396 g/mol. The number of anilines is 1. The fraction of sp³-hybridized carbons (Fsp3) is 0.238. The van der Waals surface area contributed by atoms with E-state index in [1.165, 1.54) is 28.9 Å². The number of fused-ring (bicyclic) bond motifs is 1. The number of benzene rings is 1. The number of aromatic nitrogens is 2. The summed E-state index contributed by atoms with van der Waals surface area (Å²) in [6, 6.07) is 8.90. The molecule has 150 valence electrons. The molecule has 0 unspecified atom stereocenters. The second-order valence-electron chi connectivity index (χ2n) is 7.05. The number of carbonyl (C=O) groups is 2. The number of carbonyl (C=O) groups excluding carboxylic acids is 2. The van der Waals surface area contributed by atoms with Gasteiger partial charge < -0.3 is 10.6 Å². The Balaban J connectivity index is 1.83. The van der Waals surface area contributed by atoms with Crippen molar-refractivity contribution in [3.63, 3.8) is 0 Å². The van der Waals surface area contributed by atoms with Crippen LogP contribution in [0.15, 0.2) is 53.6 Å².